The second kappa shape index (κ2) is 11.9. The van der Waals surface area contributed by atoms with Crippen LogP contribution in [0.25, 0.3) is 11.0 Å². The summed E-state index contributed by atoms with van der Waals surface area (Å²) in [7, 11) is 1.41. The van der Waals surface area contributed by atoms with Crippen molar-refractivity contribution in [1.29, 1.82) is 0 Å². The number of rotatable bonds is 7. The fourth-order valence-electron chi connectivity index (χ4n) is 5.36. The molecule has 1 fully saturated rings. The number of ether oxygens (including phenoxy) is 4. The van der Waals surface area contributed by atoms with E-state index in [1.54, 1.807) is 58.9 Å². The molecule has 1 saturated heterocycles. The zero-order valence-electron chi connectivity index (χ0n) is 25.6. The van der Waals surface area contributed by atoms with E-state index in [2.05, 4.69) is 10.3 Å². The summed E-state index contributed by atoms with van der Waals surface area (Å²) in [4.78, 5) is 41.5. The van der Waals surface area contributed by atoms with Gasteiger partial charge in [-0.1, -0.05) is 0 Å². The molecule has 0 spiro atoms. The molecule has 2 aromatic heterocycles. The van der Waals surface area contributed by atoms with E-state index in [-0.39, 0.29) is 28.0 Å². The van der Waals surface area contributed by atoms with Crippen molar-refractivity contribution in [1.82, 2.24) is 4.98 Å². The number of fused-ring (bicyclic) bond motifs is 1. The predicted molar refractivity (Wildman–Crippen MR) is 164 cm³/mol. The molecule has 238 valence electrons. The zero-order valence-corrected chi connectivity index (χ0v) is 25.6. The number of carbonyl (C=O) groups excluding carboxylic acids is 2. The molecule has 13 heteroatoms. The van der Waals surface area contributed by atoms with Crippen LogP contribution < -0.4 is 21.4 Å². The number of aliphatic hydroxyl groups is 1. The molecule has 1 amide bonds. The van der Waals surface area contributed by atoms with Crippen LogP contribution in [0.15, 0.2) is 51.7 Å². The van der Waals surface area contributed by atoms with Crippen LogP contribution in [0.2, 0.25) is 0 Å². The molecule has 0 radical (unpaired) electrons. The Balaban J connectivity index is 1.45. The number of anilines is 2. The van der Waals surface area contributed by atoms with Crippen molar-refractivity contribution < 1.29 is 43.2 Å². The van der Waals surface area contributed by atoms with Crippen LogP contribution in [0.1, 0.15) is 51.5 Å². The smallest absolute Gasteiger partial charge is 0.364 e. The minimum atomic E-state index is -1.50. The summed E-state index contributed by atoms with van der Waals surface area (Å²) >= 11 is 0. The lowest BCUT2D eigenvalue weighted by molar-refractivity contribution is -0.305. The zero-order chi connectivity index (χ0) is 32.8. The van der Waals surface area contributed by atoms with E-state index in [0.717, 1.165) is 5.69 Å². The first-order valence-corrected chi connectivity index (χ1v) is 14.1. The highest BCUT2D eigenvalue weighted by molar-refractivity contribution is 6.06. The lowest BCUT2D eigenvalue weighted by atomic mass is 9.89. The standard InChI is InChI=1S/C32H35N3O10/c1-14-11-17(8-9-20(14)33)28(38)35-22-23(36)19-13-18(12-15(2)25(19)43-30(22)40)42-31-24(37)26(27(41-6)32(4,5)45-31)44-29(39)21-10-7-16(3)34-21/h7-13,24,26-27,31,34,36-37H,33H2,1-6H3,(H,35,38)/t24-,26-,27+,31-/m1/s1. The number of nitrogens with two attached hydrogens (primary N) is 1. The average molecular weight is 622 g/mol. The molecule has 3 heterocycles. The van der Waals surface area contributed by atoms with Crippen molar-refractivity contribution in [2.24, 2.45) is 0 Å². The highest BCUT2D eigenvalue weighted by Gasteiger charge is 2.53. The minimum Gasteiger partial charge on any atom is -0.505 e. The van der Waals surface area contributed by atoms with Gasteiger partial charge in [-0.25, -0.2) is 9.59 Å². The maximum absolute atomic E-state index is 12.9. The summed E-state index contributed by atoms with van der Waals surface area (Å²) in [5.41, 5.74) is 6.12. The molecule has 4 atom stereocenters. The first kappa shape index (κ1) is 31.6. The number of aliphatic hydroxyl groups excluding tert-OH is 1. The molecule has 5 rings (SSSR count). The number of benzene rings is 2. The van der Waals surface area contributed by atoms with Gasteiger partial charge in [-0.05, 0) is 88.2 Å². The predicted octanol–water partition coefficient (Wildman–Crippen LogP) is 3.70. The maximum Gasteiger partial charge on any atom is 0.364 e. The summed E-state index contributed by atoms with van der Waals surface area (Å²) < 4.78 is 28.8. The molecule has 13 nitrogen and oxygen atoms in total. The van der Waals surface area contributed by atoms with E-state index in [4.69, 9.17) is 29.1 Å². The molecule has 0 aliphatic carbocycles. The molecule has 45 heavy (non-hydrogen) atoms. The SMILES string of the molecule is CO[C@H]1[C@H](OC(=O)c2ccc(C)[nH]2)[C@@H](O)[C@H](Oc2cc(C)c3oc(=O)c(NC(=O)c4ccc(N)c(C)c4)c(O)c3c2)OC1(C)C. The summed E-state index contributed by atoms with van der Waals surface area (Å²) in [6.07, 6.45) is -4.90. The van der Waals surface area contributed by atoms with E-state index in [0.29, 0.717) is 16.8 Å². The Morgan fingerprint density at radius 3 is 2.44 bits per heavy atom. The largest absolute Gasteiger partial charge is 0.505 e. The van der Waals surface area contributed by atoms with Crippen molar-refractivity contribution >= 4 is 34.2 Å². The number of aryl methyl sites for hydroxylation is 3. The molecule has 0 bridgehead atoms. The van der Waals surface area contributed by atoms with Gasteiger partial charge in [0.1, 0.15) is 23.1 Å². The Kier molecular flexibility index (Phi) is 8.36. The topological polar surface area (TPSA) is 196 Å². The van der Waals surface area contributed by atoms with Crippen LogP contribution in [-0.2, 0) is 14.2 Å². The van der Waals surface area contributed by atoms with Crippen LogP contribution >= 0.6 is 0 Å². The highest BCUT2D eigenvalue weighted by Crippen LogP contribution is 2.38. The summed E-state index contributed by atoms with van der Waals surface area (Å²) in [6.45, 7) is 8.55. The van der Waals surface area contributed by atoms with E-state index < -0.39 is 59.1 Å². The summed E-state index contributed by atoms with van der Waals surface area (Å²) in [5, 5.41) is 24.9. The molecule has 1 aliphatic rings. The normalized spacial score (nSPS) is 21.0. The number of nitrogen functional groups attached to an aromatic ring is 1. The molecule has 0 unspecified atom stereocenters. The minimum absolute atomic E-state index is 0.0535. The molecule has 4 aromatic rings. The van der Waals surface area contributed by atoms with Crippen LogP contribution in [-0.4, -0.2) is 64.4 Å². The van der Waals surface area contributed by atoms with Gasteiger partial charge in [0.15, 0.2) is 23.6 Å². The fraction of sp³-hybridized carbons (Fsp3) is 0.344. The number of aromatic nitrogens is 1. The van der Waals surface area contributed by atoms with Gasteiger partial charge in [0.05, 0.1) is 11.0 Å². The van der Waals surface area contributed by atoms with Crippen molar-refractivity contribution in [2.75, 3.05) is 18.2 Å². The lowest BCUT2D eigenvalue weighted by Gasteiger charge is -2.47. The van der Waals surface area contributed by atoms with Crippen molar-refractivity contribution in [3.8, 4) is 11.5 Å². The Morgan fingerprint density at radius 2 is 1.80 bits per heavy atom. The molecule has 0 saturated carbocycles. The maximum atomic E-state index is 12.9. The Hall–Kier alpha value is -4.85. The first-order chi connectivity index (χ1) is 21.2. The van der Waals surface area contributed by atoms with Gasteiger partial charge in [0.25, 0.3) is 5.91 Å². The Morgan fingerprint density at radius 1 is 1.07 bits per heavy atom. The molecule has 2 aromatic carbocycles. The van der Waals surface area contributed by atoms with E-state index in [1.807, 2.05) is 0 Å². The van der Waals surface area contributed by atoms with Gasteiger partial charge in [-0.15, -0.1) is 0 Å². The lowest BCUT2D eigenvalue weighted by Crippen LogP contribution is -2.65. The third kappa shape index (κ3) is 6.10. The third-order valence-corrected chi connectivity index (χ3v) is 7.73. The third-order valence-electron chi connectivity index (χ3n) is 7.73. The number of nitrogens with one attached hydrogen (secondary N) is 2. The molecule has 1 aliphatic heterocycles. The number of aromatic amines is 1. The quantitative estimate of drug-likeness (QED) is 0.115. The number of methoxy groups -OCH3 is 1. The fourth-order valence-corrected chi connectivity index (χ4v) is 5.36. The van der Waals surface area contributed by atoms with E-state index >= 15 is 0 Å². The van der Waals surface area contributed by atoms with Crippen LogP contribution in [0.3, 0.4) is 0 Å². The second-order valence-corrected chi connectivity index (χ2v) is 11.5. The number of hydrogen-bond donors (Lipinski definition) is 5. The summed E-state index contributed by atoms with van der Waals surface area (Å²) in [5.74, 6) is -1.78. The van der Waals surface area contributed by atoms with E-state index in [9.17, 15) is 24.6 Å². The molecular formula is C32H35N3O10. The van der Waals surface area contributed by atoms with Gasteiger partial charge in [-0.2, -0.15) is 0 Å². The monoisotopic (exact) mass is 621 g/mol. The van der Waals surface area contributed by atoms with Gasteiger partial charge < -0.3 is 49.6 Å². The number of carbonyl (C=O) groups is 2. The number of aromatic hydroxyl groups is 1. The van der Waals surface area contributed by atoms with E-state index in [1.165, 1.54) is 25.3 Å². The van der Waals surface area contributed by atoms with Gasteiger partial charge in [0.2, 0.25) is 6.29 Å². The number of H-pyrrole nitrogens is 1. The second-order valence-electron chi connectivity index (χ2n) is 11.5. The Labute approximate surface area is 257 Å². The summed E-state index contributed by atoms with van der Waals surface area (Å²) in [6, 6.07) is 10.8. The molecular weight excluding hydrogens is 586 g/mol. The van der Waals surface area contributed by atoms with Crippen LogP contribution in [0.5, 0.6) is 11.5 Å². The van der Waals surface area contributed by atoms with Crippen molar-refractivity contribution in [3.63, 3.8) is 0 Å². The number of esters is 1. The molecule has 6 N–H and O–H groups in total. The highest BCUT2D eigenvalue weighted by atomic mass is 16.7. The van der Waals surface area contributed by atoms with Crippen LogP contribution in [0.4, 0.5) is 11.4 Å². The van der Waals surface area contributed by atoms with Gasteiger partial charge in [-0.3, -0.25) is 4.79 Å². The number of amides is 1. The Bertz CT molecular complexity index is 1840. The van der Waals surface area contributed by atoms with Crippen molar-refractivity contribution in [2.45, 2.75) is 64.8 Å². The first-order valence-electron chi connectivity index (χ1n) is 14.1. The van der Waals surface area contributed by atoms with Gasteiger partial charge >= 0.3 is 11.6 Å². The number of hydrogen-bond acceptors (Lipinski definition) is 11. The van der Waals surface area contributed by atoms with Gasteiger partial charge in [0, 0.05) is 24.1 Å². The van der Waals surface area contributed by atoms with Crippen LogP contribution in [0, 0.1) is 20.8 Å². The van der Waals surface area contributed by atoms with Crippen molar-refractivity contribution in [3.05, 3.63) is 81.0 Å². The average Bonchev–Trinajstić information content (AvgIpc) is 3.42.